The summed E-state index contributed by atoms with van der Waals surface area (Å²) in [5, 5.41) is 0. The predicted octanol–water partition coefficient (Wildman–Crippen LogP) is 2.60. The number of halogens is 1. The molecule has 1 heteroatoms. The topological polar surface area (TPSA) is 0 Å². The molecule has 0 rings (SSSR count). The molecular weight excluding hydrogens is 103 g/mol. The summed E-state index contributed by atoms with van der Waals surface area (Å²) in [6.07, 6.45) is 8.93. The minimum absolute atomic E-state index is 0.500. The van der Waals surface area contributed by atoms with E-state index in [1.165, 1.54) is 6.08 Å². The molecular formula is C7H9F. The van der Waals surface area contributed by atoms with Gasteiger partial charge in [-0.2, -0.15) is 0 Å². The van der Waals surface area contributed by atoms with E-state index in [2.05, 4.69) is 0 Å². The molecule has 0 amide bonds. The molecule has 0 radical (unpaired) electrons. The fraction of sp³-hybridized carbons (Fsp3) is 0.143. The molecule has 0 aromatic rings. The van der Waals surface area contributed by atoms with Crippen molar-refractivity contribution >= 4 is 0 Å². The first-order valence-electron chi connectivity index (χ1n) is 2.46. The van der Waals surface area contributed by atoms with Crippen LogP contribution in [-0.4, -0.2) is 0 Å². The van der Waals surface area contributed by atoms with Crippen LogP contribution in [0.4, 0.5) is 4.39 Å². The zero-order valence-electron chi connectivity index (χ0n) is 4.84. The molecule has 0 aromatic carbocycles. The summed E-state index contributed by atoms with van der Waals surface area (Å²) in [6.45, 7) is 1.91. The van der Waals surface area contributed by atoms with E-state index in [1.54, 1.807) is 12.2 Å². The van der Waals surface area contributed by atoms with Crippen LogP contribution in [-0.2, 0) is 0 Å². The normalized spacial score (nSPS) is 12.8. The van der Waals surface area contributed by atoms with E-state index in [9.17, 15) is 4.39 Å². The Bertz CT molecular complexity index is 95.6. The van der Waals surface area contributed by atoms with Gasteiger partial charge in [0, 0.05) is 0 Å². The lowest BCUT2D eigenvalue weighted by molar-refractivity contribution is 0.721. The van der Waals surface area contributed by atoms with Crippen molar-refractivity contribution in [2.24, 2.45) is 0 Å². The molecule has 0 atom stereocenters. The second-order valence-corrected chi connectivity index (χ2v) is 1.23. The summed E-state index contributed by atoms with van der Waals surface area (Å²) in [5.41, 5.74) is 0. The van der Waals surface area contributed by atoms with Gasteiger partial charge < -0.3 is 0 Å². The zero-order chi connectivity index (χ0) is 6.24. The average molecular weight is 112 g/mol. The number of allylic oxidation sites excluding steroid dienone is 5. The molecule has 0 aromatic heterocycles. The average Bonchev–Trinajstić information content (AvgIpc) is 1.81. The maximum absolute atomic E-state index is 11.2. The maximum Gasteiger partial charge on any atom is 0.0866 e. The van der Waals surface area contributed by atoms with Gasteiger partial charge in [0.2, 0.25) is 0 Å². The second kappa shape index (κ2) is 6.15. The van der Waals surface area contributed by atoms with Gasteiger partial charge in [-0.3, -0.25) is 0 Å². The van der Waals surface area contributed by atoms with E-state index in [1.807, 2.05) is 19.1 Å². The Morgan fingerprint density at radius 1 is 1.00 bits per heavy atom. The third-order valence-corrected chi connectivity index (χ3v) is 0.599. The van der Waals surface area contributed by atoms with E-state index < -0.39 is 0 Å². The maximum atomic E-state index is 11.2. The van der Waals surface area contributed by atoms with Gasteiger partial charge in [0.15, 0.2) is 0 Å². The molecule has 0 aliphatic rings. The van der Waals surface area contributed by atoms with Gasteiger partial charge in [-0.25, -0.2) is 4.39 Å². The minimum atomic E-state index is 0.500. The zero-order valence-corrected chi connectivity index (χ0v) is 4.84. The molecule has 0 saturated heterocycles. The van der Waals surface area contributed by atoms with E-state index >= 15 is 0 Å². The van der Waals surface area contributed by atoms with Crippen molar-refractivity contribution in [3.05, 3.63) is 36.7 Å². The Balaban J connectivity index is 3.35. The monoisotopic (exact) mass is 112 g/mol. The van der Waals surface area contributed by atoms with E-state index in [0.29, 0.717) is 6.33 Å². The fourth-order valence-corrected chi connectivity index (χ4v) is 0.281. The van der Waals surface area contributed by atoms with Gasteiger partial charge in [0.1, 0.15) is 0 Å². The van der Waals surface area contributed by atoms with Crippen LogP contribution in [0.2, 0.25) is 0 Å². The highest BCUT2D eigenvalue weighted by atomic mass is 19.1. The van der Waals surface area contributed by atoms with E-state index in [0.717, 1.165) is 0 Å². The smallest absolute Gasteiger partial charge is 0.0866 e. The van der Waals surface area contributed by atoms with Crippen molar-refractivity contribution in [3.8, 4) is 0 Å². The van der Waals surface area contributed by atoms with Crippen LogP contribution in [0, 0.1) is 0 Å². The van der Waals surface area contributed by atoms with Gasteiger partial charge in [-0.1, -0.05) is 24.3 Å². The molecule has 0 N–H and O–H groups in total. The Hall–Kier alpha value is -0.850. The van der Waals surface area contributed by atoms with Crippen molar-refractivity contribution in [1.82, 2.24) is 0 Å². The Kier molecular flexibility index (Phi) is 5.50. The van der Waals surface area contributed by atoms with Gasteiger partial charge in [0.25, 0.3) is 0 Å². The Labute approximate surface area is 49.0 Å². The van der Waals surface area contributed by atoms with Crippen LogP contribution >= 0.6 is 0 Å². The van der Waals surface area contributed by atoms with Crippen molar-refractivity contribution in [3.63, 3.8) is 0 Å². The lowest BCUT2D eigenvalue weighted by Gasteiger charge is -1.66. The summed E-state index contributed by atoms with van der Waals surface area (Å²) in [5.74, 6) is 0. The SMILES string of the molecule is C/C=C/C=C\C=C\F. The third kappa shape index (κ3) is 5.15. The molecule has 44 valence electrons. The third-order valence-electron chi connectivity index (χ3n) is 0.599. The van der Waals surface area contributed by atoms with Crippen LogP contribution in [0.3, 0.4) is 0 Å². The van der Waals surface area contributed by atoms with Crippen LogP contribution in [0.5, 0.6) is 0 Å². The standard InChI is InChI=1S/C7H9F/c1-2-3-4-5-6-7-8/h2-7H,1H3/b3-2+,5-4-,7-6+. The number of hydrogen-bond donors (Lipinski definition) is 0. The quantitative estimate of drug-likeness (QED) is 0.481. The van der Waals surface area contributed by atoms with Crippen molar-refractivity contribution in [1.29, 1.82) is 0 Å². The molecule has 0 unspecified atom stereocenters. The lowest BCUT2D eigenvalue weighted by atomic mass is 10.4. The molecule has 0 saturated carbocycles. The Morgan fingerprint density at radius 2 is 1.62 bits per heavy atom. The molecule has 0 spiro atoms. The largest absolute Gasteiger partial charge is 0.216 e. The number of hydrogen-bond acceptors (Lipinski definition) is 0. The van der Waals surface area contributed by atoms with Crippen LogP contribution in [0.25, 0.3) is 0 Å². The van der Waals surface area contributed by atoms with Gasteiger partial charge >= 0.3 is 0 Å². The van der Waals surface area contributed by atoms with Gasteiger partial charge in [-0.15, -0.1) is 0 Å². The highest BCUT2D eigenvalue weighted by Crippen LogP contribution is 1.78. The summed E-state index contributed by atoms with van der Waals surface area (Å²) in [7, 11) is 0. The lowest BCUT2D eigenvalue weighted by Crippen LogP contribution is -1.45. The first kappa shape index (κ1) is 7.15. The summed E-state index contributed by atoms with van der Waals surface area (Å²) >= 11 is 0. The molecule has 0 heterocycles. The van der Waals surface area contributed by atoms with Crippen molar-refractivity contribution in [2.45, 2.75) is 6.92 Å². The first-order chi connectivity index (χ1) is 3.91. The van der Waals surface area contributed by atoms with Gasteiger partial charge in [-0.05, 0) is 13.0 Å². The van der Waals surface area contributed by atoms with Crippen molar-refractivity contribution in [2.75, 3.05) is 0 Å². The molecule has 0 bridgehead atoms. The Morgan fingerprint density at radius 3 is 2.12 bits per heavy atom. The van der Waals surface area contributed by atoms with E-state index in [-0.39, 0.29) is 0 Å². The minimum Gasteiger partial charge on any atom is -0.216 e. The highest BCUT2D eigenvalue weighted by Gasteiger charge is 1.57. The summed E-state index contributed by atoms with van der Waals surface area (Å²) in [6, 6.07) is 0. The molecule has 0 nitrogen and oxygen atoms in total. The van der Waals surface area contributed by atoms with Crippen LogP contribution < -0.4 is 0 Å². The molecule has 8 heavy (non-hydrogen) atoms. The van der Waals surface area contributed by atoms with Crippen molar-refractivity contribution < 1.29 is 4.39 Å². The summed E-state index contributed by atoms with van der Waals surface area (Å²) < 4.78 is 11.2. The van der Waals surface area contributed by atoms with Crippen LogP contribution in [0.15, 0.2) is 36.7 Å². The van der Waals surface area contributed by atoms with Gasteiger partial charge in [0.05, 0.1) is 6.33 Å². The molecule has 0 aliphatic heterocycles. The molecule has 0 aliphatic carbocycles. The first-order valence-corrected chi connectivity index (χ1v) is 2.46. The number of rotatable bonds is 2. The predicted molar refractivity (Wildman–Crippen MR) is 34.2 cm³/mol. The van der Waals surface area contributed by atoms with E-state index in [4.69, 9.17) is 0 Å². The van der Waals surface area contributed by atoms with Crippen LogP contribution in [0.1, 0.15) is 6.92 Å². The molecule has 0 fully saturated rings. The second-order valence-electron chi connectivity index (χ2n) is 1.23. The highest BCUT2D eigenvalue weighted by molar-refractivity contribution is 5.08. The summed E-state index contributed by atoms with van der Waals surface area (Å²) in [4.78, 5) is 0. The fourth-order valence-electron chi connectivity index (χ4n) is 0.281.